The highest BCUT2D eigenvalue weighted by Gasteiger charge is 2.11. The molecule has 0 radical (unpaired) electrons. The Balaban J connectivity index is 1.95. The van der Waals surface area contributed by atoms with Crippen molar-refractivity contribution in [2.45, 2.75) is 0 Å². The maximum atomic E-state index is 10.5. The van der Waals surface area contributed by atoms with E-state index in [4.69, 9.17) is 14.2 Å². The van der Waals surface area contributed by atoms with Crippen molar-refractivity contribution >= 4 is 16.6 Å². The molecule has 0 unspecified atom stereocenters. The first-order chi connectivity index (χ1) is 12.7. The minimum atomic E-state index is 0.321. The summed E-state index contributed by atoms with van der Waals surface area (Å²) in [6, 6.07) is 13.6. The molecular weight excluding hydrogens is 334 g/mol. The number of nitrogens with zero attached hydrogens (tertiary/aromatic N) is 3. The van der Waals surface area contributed by atoms with Gasteiger partial charge in [-0.2, -0.15) is 5.26 Å². The van der Waals surface area contributed by atoms with Crippen molar-refractivity contribution in [2.24, 2.45) is 5.18 Å². The van der Waals surface area contributed by atoms with Crippen molar-refractivity contribution in [2.75, 3.05) is 20.3 Å². The van der Waals surface area contributed by atoms with Gasteiger partial charge in [-0.05, 0) is 41.6 Å². The van der Waals surface area contributed by atoms with Gasteiger partial charge in [0.2, 0.25) is 0 Å². The minimum absolute atomic E-state index is 0.321. The van der Waals surface area contributed by atoms with Crippen LogP contribution in [0.5, 0.6) is 17.2 Å². The highest BCUT2D eigenvalue weighted by atomic mass is 16.5. The van der Waals surface area contributed by atoms with Gasteiger partial charge in [0.25, 0.3) is 0 Å². The van der Waals surface area contributed by atoms with Crippen molar-refractivity contribution in [3.05, 3.63) is 59.1 Å². The molecule has 0 spiro atoms. The van der Waals surface area contributed by atoms with E-state index >= 15 is 0 Å². The molecule has 0 aliphatic rings. The van der Waals surface area contributed by atoms with Crippen LogP contribution in [0.2, 0.25) is 0 Å². The van der Waals surface area contributed by atoms with Gasteiger partial charge in [-0.25, -0.2) is 0 Å². The zero-order valence-electron chi connectivity index (χ0n) is 14.0. The Bertz CT molecular complexity index is 965. The number of hydrogen-bond donors (Lipinski definition) is 0. The van der Waals surface area contributed by atoms with Gasteiger partial charge >= 0.3 is 0 Å². The van der Waals surface area contributed by atoms with Crippen molar-refractivity contribution in [3.8, 4) is 23.3 Å². The molecule has 0 aliphatic carbocycles. The lowest BCUT2D eigenvalue weighted by Crippen LogP contribution is -2.05. The van der Waals surface area contributed by atoms with E-state index < -0.39 is 0 Å². The number of nitriles is 1. The molecule has 0 aliphatic heterocycles. The van der Waals surface area contributed by atoms with Crippen LogP contribution in [0.15, 0.2) is 53.8 Å². The van der Waals surface area contributed by atoms with E-state index in [0.717, 1.165) is 0 Å². The number of benzene rings is 2. The summed E-state index contributed by atoms with van der Waals surface area (Å²) in [5.74, 6) is 1.54. The fraction of sp³-hybridized carbons (Fsp3) is 0.158. The van der Waals surface area contributed by atoms with Gasteiger partial charge in [0, 0.05) is 24.8 Å². The molecule has 7 heteroatoms. The van der Waals surface area contributed by atoms with E-state index in [0.29, 0.717) is 52.6 Å². The van der Waals surface area contributed by atoms with Crippen molar-refractivity contribution in [3.63, 3.8) is 0 Å². The summed E-state index contributed by atoms with van der Waals surface area (Å²) < 4.78 is 16.4. The van der Waals surface area contributed by atoms with Crippen LogP contribution in [0.3, 0.4) is 0 Å². The zero-order valence-corrected chi connectivity index (χ0v) is 14.0. The third-order valence-electron chi connectivity index (χ3n) is 3.64. The van der Waals surface area contributed by atoms with E-state index in [2.05, 4.69) is 16.2 Å². The molecule has 7 nitrogen and oxygen atoms in total. The predicted octanol–water partition coefficient (Wildman–Crippen LogP) is 4.32. The molecular formula is C19H15N3O4. The fourth-order valence-electron chi connectivity index (χ4n) is 2.38. The van der Waals surface area contributed by atoms with Crippen molar-refractivity contribution in [1.29, 1.82) is 5.26 Å². The van der Waals surface area contributed by atoms with Gasteiger partial charge in [-0.1, -0.05) is 0 Å². The van der Waals surface area contributed by atoms with Gasteiger partial charge in [0.1, 0.15) is 35.6 Å². The van der Waals surface area contributed by atoms with Crippen LogP contribution in [0.4, 0.5) is 5.69 Å². The molecule has 3 aromatic rings. The SMILES string of the molecule is COCCOc1cc2nccc(Oc3ccc(N=O)cc3)c2cc1C#N. The smallest absolute Gasteiger partial charge is 0.139 e. The van der Waals surface area contributed by atoms with Crippen LogP contribution < -0.4 is 9.47 Å². The lowest BCUT2D eigenvalue weighted by molar-refractivity contribution is 0.146. The summed E-state index contributed by atoms with van der Waals surface area (Å²) in [6.45, 7) is 0.759. The molecule has 0 atom stereocenters. The lowest BCUT2D eigenvalue weighted by atomic mass is 10.1. The van der Waals surface area contributed by atoms with Crippen LogP contribution in [0.25, 0.3) is 10.9 Å². The second-order valence-corrected chi connectivity index (χ2v) is 5.31. The molecule has 0 saturated carbocycles. The largest absolute Gasteiger partial charge is 0.490 e. The lowest BCUT2D eigenvalue weighted by Gasteiger charge is -2.12. The van der Waals surface area contributed by atoms with Crippen molar-refractivity contribution in [1.82, 2.24) is 4.98 Å². The monoisotopic (exact) mass is 349 g/mol. The Morgan fingerprint density at radius 3 is 2.62 bits per heavy atom. The molecule has 0 fully saturated rings. The average molecular weight is 349 g/mol. The fourth-order valence-corrected chi connectivity index (χ4v) is 2.38. The Labute approximate surface area is 149 Å². The molecule has 3 rings (SSSR count). The number of hydrogen-bond acceptors (Lipinski definition) is 7. The van der Waals surface area contributed by atoms with Crippen LogP contribution in [-0.2, 0) is 4.74 Å². The van der Waals surface area contributed by atoms with E-state index in [1.165, 1.54) is 0 Å². The van der Waals surface area contributed by atoms with Gasteiger partial charge in [-0.15, -0.1) is 4.91 Å². The second-order valence-electron chi connectivity index (χ2n) is 5.31. The highest BCUT2D eigenvalue weighted by molar-refractivity contribution is 5.88. The van der Waals surface area contributed by atoms with E-state index in [9.17, 15) is 10.2 Å². The number of aromatic nitrogens is 1. The van der Waals surface area contributed by atoms with E-state index in [1.807, 2.05) is 0 Å². The quantitative estimate of drug-likeness (QED) is 0.466. The van der Waals surface area contributed by atoms with Gasteiger partial charge in [0.05, 0.1) is 17.7 Å². The molecule has 0 saturated heterocycles. The maximum Gasteiger partial charge on any atom is 0.139 e. The summed E-state index contributed by atoms with van der Waals surface area (Å²) in [7, 11) is 1.58. The standard InChI is InChI=1S/C19H15N3O4/c1-24-8-9-25-19-11-17-16(10-13(19)12-20)18(6-7-21-17)26-15-4-2-14(22-23)3-5-15/h2-7,10-11H,8-9H2,1H3. The normalized spacial score (nSPS) is 10.3. The Morgan fingerprint density at radius 1 is 1.12 bits per heavy atom. The molecule has 1 aromatic heterocycles. The minimum Gasteiger partial charge on any atom is -0.490 e. The maximum absolute atomic E-state index is 10.5. The van der Waals surface area contributed by atoms with E-state index in [1.54, 1.807) is 55.8 Å². The first-order valence-electron chi connectivity index (χ1n) is 7.81. The molecule has 2 aromatic carbocycles. The number of pyridine rings is 1. The number of fused-ring (bicyclic) bond motifs is 1. The van der Waals surface area contributed by atoms with Crippen LogP contribution in [0, 0.1) is 16.2 Å². The van der Waals surface area contributed by atoms with Crippen LogP contribution >= 0.6 is 0 Å². The Hall–Kier alpha value is -3.50. The average Bonchev–Trinajstić information content (AvgIpc) is 2.68. The highest BCUT2D eigenvalue weighted by Crippen LogP contribution is 2.33. The number of nitroso groups, excluding NO2 is 1. The van der Waals surface area contributed by atoms with Crippen LogP contribution in [-0.4, -0.2) is 25.3 Å². The molecule has 1 heterocycles. The Kier molecular flexibility index (Phi) is 5.37. The van der Waals surface area contributed by atoms with Gasteiger partial charge in [0.15, 0.2) is 0 Å². The summed E-state index contributed by atoms with van der Waals surface area (Å²) in [5, 5.41) is 12.9. The third-order valence-corrected chi connectivity index (χ3v) is 3.64. The van der Waals surface area contributed by atoms with Crippen LogP contribution in [0.1, 0.15) is 5.56 Å². The molecule has 0 amide bonds. The molecule has 0 N–H and O–H groups in total. The summed E-state index contributed by atoms with van der Waals surface area (Å²) in [4.78, 5) is 14.8. The number of rotatable bonds is 7. The zero-order chi connectivity index (χ0) is 18.4. The first kappa shape index (κ1) is 17.3. The summed E-state index contributed by atoms with van der Waals surface area (Å²) in [5.41, 5.74) is 1.34. The number of ether oxygens (including phenoxy) is 3. The van der Waals surface area contributed by atoms with Gasteiger partial charge in [-0.3, -0.25) is 4.98 Å². The predicted molar refractivity (Wildman–Crippen MR) is 95.8 cm³/mol. The van der Waals surface area contributed by atoms with Gasteiger partial charge < -0.3 is 14.2 Å². The first-order valence-corrected chi connectivity index (χ1v) is 7.81. The summed E-state index contributed by atoms with van der Waals surface area (Å²) >= 11 is 0. The third kappa shape index (κ3) is 3.77. The molecule has 130 valence electrons. The number of methoxy groups -OCH3 is 1. The Morgan fingerprint density at radius 2 is 1.92 bits per heavy atom. The topological polar surface area (TPSA) is 93.8 Å². The summed E-state index contributed by atoms with van der Waals surface area (Å²) in [6.07, 6.45) is 1.62. The second kappa shape index (κ2) is 8.05. The van der Waals surface area contributed by atoms with Crippen molar-refractivity contribution < 1.29 is 14.2 Å². The van der Waals surface area contributed by atoms with E-state index in [-0.39, 0.29) is 0 Å². The molecule has 0 bridgehead atoms. The molecule has 26 heavy (non-hydrogen) atoms.